The standard InChI is InChI=1S/C20H22F4N8O/c21-13-8-26-6-5-14(13)30-19(33)16-9-27-18-15(28-10-20(22,23)24)7-17(31-32(16)18)29-12-3-1-11(25)2-4-12/h5-9,11-12,28H,1-4,10,25H2,(H,29,31)(H,26,30,33). The van der Waals surface area contributed by atoms with Crippen molar-refractivity contribution in [3.8, 4) is 0 Å². The molecule has 0 aromatic carbocycles. The molecule has 176 valence electrons. The lowest BCUT2D eigenvalue weighted by Crippen LogP contribution is -2.33. The van der Waals surface area contributed by atoms with Gasteiger partial charge in [0.1, 0.15) is 12.4 Å². The van der Waals surface area contributed by atoms with Gasteiger partial charge < -0.3 is 21.7 Å². The molecule has 1 aliphatic rings. The third-order valence-electron chi connectivity index (χ3n) is 5.32. The third-order valence-corrected chi connectivity index (χ3v) is 5.32. The molecule has 1 fully saturated rings. The second kappa shape index (κ2) is 9.17. The van der Waals surface area contributed by atoms with Gasteiger partial charge >= 0.3 is 6.18 Å². The quantitative estimate of drug-likeness (QED) is 0.412. The van der Waals surface area contributed by atoms with E-state index in [0.717, 1.165) is 36.4 Å². The molecular formula is C20H22F4N8O. The first kappa shape index (κ1) is 22.7. The summed E-state index contributed by atoms with van der Waals surface area (Å²) in [5.74, 6) is -1.20. The number of nitrogens with one attached hydrogen (secondary N) is 3. The zero-order valence-electron chi connectivity index (χ0n) is 17.4. The molecule has 33 heavy (non-hydrogen) atoms. The van der Waals surface area contributed by atoms with Crippen molar-refractivity contribution >= 4 is 28.7 Å². The molecule has 0 atom stereocenters. The summed E-state index contributed by atoms with van der Waals surface area (Å²) in [6.07, 6.45) is 2.15. The number of carbonyl (C=O) groups is 1. The highest BCUT2D eigenvalue weighted by Gasteiger charge is 2.28. The van der Waals surface area contributed by atoms with Gasteiger partial charge in [-0.15, -0.1) is 5.10 Å². The highest BCUT2D eigenvalue weighted by atomic mass is 19.4. The van der Waals surface area contributed by atoms with E-state index in [1.807, 2.05) is 0 Å². The summed E-state index contributed by atoms with van der Waals surface area (Å²) < 4.78 is 53.5. The van der Waals surface area contributed by atoms with Crippen LogP contribution in [-0.4, -0.2) is 50.3 Å². The Morgan fingerprint density at radius 2 is 1.94 bits per heavy atom. The molecule has 0 unspecified atom stereocenters. The van der Waals surface area contributed by atoms with Crippen molar-refractivity contribution < 1.29 is 22.4 Å². The molecule has 3 aromatic heterocycles. The van der Waals surface area contributed by atoms with E-state index in [2.05, 4.69) is 31.0 Å². The Morgan fingerprint density at radius 1 is 1.18 bits per heavy atom. The van der Waals surface area contributed by atoms with Gasteiger partial charge in [0, 0.05) is 24.3 Å². The predicted molar refractivity (Wildman–Crippen MR) is 114 cm³/mol. The van der Waals surface area contributed by atoms with Gasteiger partial charge in [0.2, 0.25) is 0 Å². The van der Waals surface area contributed by atoms with Crippen LogP contribution in [0.5, 0.6) is 0 Å². The Bertz CT molecular complexity index is 1140. The van der Waals surface area contributed by atoms with E-state index in [-0.39, 0.29) is 40.6 Å². The minimum Gasteiger partial charge on any atom is -0.373 e. The number of halogens is 4. The minimum absolute atomic E-state index is 0.0239. The topological polar surface area (TPSA) is 122 Å². The van der Waals surface area contributed by atoms with E-state index in [4.69, 9.17) is 5.73 Å². The highest BCUT2D eigenvalue weighted by molar-refractivity contribution is 6.03. The van der Waals surface area contributed by atoms with E-state index in [0.29, 0.717) is 0 Å². The molecule has 0 radical (unpaired) electrons. The molecule has 1 aliphatic carbocycles. The number of alkyl halides is 3. The summed E-state index contributed by atoms with van der Waals surface area (Å²) in [6.45, 7) is -1.29. The Morgan fingerprint density at radius 3 is 2.64 bits per heavy atom. The van der Waals surface area contributed by atoms with Crippen LogP contribution >= 0.6 is 0 Å². The molecular weight excluding hydrogens is 444 g/mol. The van der Waals surface area contributed by atoms with Gasteiger partial charge in [0.25, 0.3) is 5.91 Å². The maximum Gasteiger partial charge on any atom is 0.405 e. The monoisotopic (exact) mass is 466 g/mol. The van der Waals surface area contributed by atoms with E-state index >= 15 is 0 Å². The first-order chi connectivity index (χ1) is 15.7. The average Bonchev–Trinajstić information content (AvgIpc) is 3.19. The molecule has 0 saturated heterocycles. The SMILES string of the molecule is NC1CCC(Nc2cc(NCC(F)(F)F)c3ncc(C(=O)Nc4ccncc4F)n3n2)CC1. The van der Waals surface area contributed by atoms with E-state index in [1.54, 1.807) is 0 Å². The number of hydrogen-bond acceptors (Lipinski definition) is 7. The van der Waals surface area contributed by atoms with E-state index < -0.39 is 24.4 Å². The fraction of sp³-hybridized carbons (Fsp3) is 0.400. The summed E-state index contributed by atoms with van der Waals surface area (Å²) in [5.41, 5.74) is 5.82. The number of pyridine rings is 1. The van der Waals surface area contributed by atoms with Crippen LogP contribution in [0.15, 0.2) is 30.7 Å². The Hall–Kier alpha value is -3.48. The van der Waals surface area contributed by atoms with Crippen LogP contribution in [-0.2, 0) is 0 Å². The Labute approximate surface area is 185 Å². The smallest absolute Gasteiger partial charge is 0.373 e. The number of rotatable bonds is 6. The number of aromatic nitrogens is 4. The number of carbonyl (C=O) groups excluding carboxylic acids is 1. The van der Waals surface area contributed by atoms with Gasteiger partial charge in [-0.1, -0.05) is 0 Å². The van der Waals surface area contributed by atoms with Crippen molar-refractivity contribution in [3.05, 3.63) is 42.2 Å². The largest absolute Gasteiger partial charge is 0.405 e. The molecule has 0 aliphatic heterocycles. The van der Waals surface area contributed by atoms with Crippen molar-refractivity contribution in [3.63, 3.8) is 0 Å². The van der Waals surface area contributed by atoms with E-state index in [9.17, 15) is 22.4 Å². The van der Waals surface area contributed by atoms with Gasteiger partial charge in [-0.3, -0.25) is 9.78 Å². The summed E-state index contributed by atoms with van der Waals surface area (Å²) >= 11 is 0. The van der Waals surface area contributed by atoms with Gasteiger partial charge in [-0.25, -0.2) is 13.9 Å². The molecule has 9 nitrogen and oxygen atoms in total. The van der Waals surface area contributed by atoms with Crippen LogP contribution < -0.4 is 21.7 Å². The number of fused-ring (bicyclic) bond motifs is 1. The van der Waals surface area contributed by atoms with Gasteiger partial charge in [-0.05, 0) is 31.7 Å². The second-order valence-corrected chi connectivity index (χ2v) is 7.86. The van der Waals surface area contributed by atoms with Crippen molar-refractivity contribution in [2.24, 2.45) is 5.73 Å². The van der Waals surface area contributed by atoms with Crippen molar-refractivity contribution in [2.75, 3.05) is 22.5 Å². The molecule has 5 N–H and O–H groups in total. The lowest BCUT2D eigenvalue weighted by molar-refractivity contribution is -0.115. The molecule has 1 amide bonds. The van der Waals surface area contributed by atoms with Crippen LogP contribution in [0.1, 0.15) is 36.2 Å². The van der Waals surface area contributed by atoms with Crippen LogP contribution in [0.25, 0.3) is 5.65 Å². The summed E-state index contributed by atoms with van der Waals surface area (Å²) in [6, 6.07) is 2.87. The number of hydrogen-bond donors (Lipinski definition) is 4. The summed E-state index contributed by atoms with van der Waals surface area (Å²) in [4.78, 5) is 20.5. The van der Waals surface area contributed by atoms with Gasteiger partial charge in [0.15, 0.2) is 17.2 Å². The number of amides is 1. The highest BCUT2D eigenvalue weighted by Crippen LogP contribution is 2.26. The molecule has 3 aromatic rings. The fourth-order valence-electron chi connectivity index (χ4n) is 3.65. The maximum absolute atomic E-state index is 13.9. The fourth-order valence-corrected chi connectivity index (χ4v) is 3.65. The van der Waals surface area contributed by atoms with Crippen molar-refractivity contribution in [1.29, 1.82) is 0 Å². The summed E-state index contributed by atoms with van der Waals surface area (Å²) in [7, 11) is 0. The first-order valence-corrected chi connectivity index (χ1v) is 10.3. The van der Waals surface area contributed by atoms with Gasteiger partial charge in [-0.2, -0.15) is 13.2 Å². The normalized spacial score (nSPS) is 18.8. The zero-order chi connectivity index (χ0) is 23.6. The second-order valence-electron chi connectivity index (χ2n) is 7.86. The van der Waals surface area contributed by atoms with Crippen LogP contribution in [0.2, 0.25) is 0 Å². The Kier molecular flexibility index (Phi) is 6.31. The predicted octanol–water partition coefficient (Wildman–Crippen LogP) is 3.17. The number of nitrogens with two attached hydrogens (primary N) is 1. The lowest BCUT2D eigenvalue weighted by atomic mass is 9.92. The molecule has 0 bridgehead atoms. The number of imidazole rings is 1. The molecule has 1 saturated carbocycles. The molecule has 3 heterocycles. The van der Waals surface area contributed by atoms with Crippen LogP contribution in [0, 0.1) is 5.82 Å². The molecule has 0 spiro atoms. The zero-order valence-corrected chi connectivity index (χ0v) is 17.4. The van der Waals surface area contributed by atoms with Crippen LogP contribution in [0.3, 0.4) is 0 Å². The average molecular weight is 466 g/mol. The Balaban J connectivity index is 1.66. The first-order valence-electron chi connectivity index (χ1n) is 10.3. The minimum atomic E-state index is -4.46. The van der Waals surface area contributed by atoms with E-state index in [1.165, 1.54) is 24.5 Å². The lowest BCUT2D eigenvalue weighted by Gasteiger charge is -2.27. The van der Waals surface area contributed by atoms with Crippen molar-refractivity contribution in [1.82, 2.24) is 19.6 Å². The number of anilines is 3. The number of nitrogens with zero attached hydrogens (tertiary/aromatic N) is 4. The third kappa shape index (κ3) is 5.48. The summed E-state index contributed by atoms with van der Waals surface area (Å²) in [5, 5.41) is 12.3. The van der Waals surface area contributed by atoms with Crippen molar-refractivity contribution in [2.45, 2.75) is 43.9 Å². The van der Waals surface area contributed by atoms with Gasteiger partial charge in [0.05, 0.1) is 23.8 Å². The maximum atomic E-state index is 13.9. The molecule has 4 rings (SSSR count). The molecule has 13 heteroatoms. The van der Waals surface area contributed by atoms with Crippen LogP contribution in [0.4, 0.5) is 34.8 Å².